The summed E-state index contributed by atoms with van der Waals surface area (Å²) in [5.74, 6) is -0.116. The van der Waals surface area contributed by atoms with Gasteiger partial charge in [0.1, 0.15) is 23.9 Å². The first kappa shape index (κ1) is 23.8. The standard InChI is InChI=1S/C24H21Cl2FN4O3/c1-13-22(14(2)31(29-13)11-16-7-8-17(25)9-21(16)26)28-24(32)23-20(15(3)34-30-23)12-33-19-6-4-5-18(27)10-19/h4-10H,11-12H2,1-3H3,(H,28,32). The fraction of sp³-hybridized carbons (Fsp3) is 0.208. The van der Waals surface area contributed by atoms with Gasteiger partial charge in [-0.3, -0.25) is 9.48 Å². The lowest BCUT2D eigenvalue weighted by molar-refractivity contribution is 0.101. The maximum absolute atomic E-state index is 13.4. The van der Waals surface area contributed by atoms with Crippen LogP contribution in [0.2, 0.25) is 10.0 Å². The van der Waals surface area contributed by atoms with Crippen molar-refractivity contribution in [3.63, 3.8) is 0 Å². The maximum Gasteiger partial charge on any atom is 0.278 e. The molecule has 0 radical (unpaired) electrons. The van der Waals surface area contributed by atoms with E-state index in [1.807, 2.05) is 13.0 Å². The zero-order valence-corrected chi connectivity index (χ0v) is 20.2. The number of hydrogen-bond acceptors (Lipinski definition) is 5. The number of amides is 1. The Hall–Kier alpha value is -3.36. The van der Waals surface area contributed by atoms with Crippen LogP contribution in [0.4, 0.5) is 10.1 Å². The molecule has 10 heteroatoms. The van der Waals surface area contributed by atoms with E-state index < -0.39 is 11.7 Å². The fourth-order valence-electron chi connectivity index (χ4n) is 3.47. The number of carbonyl (C=O) groups is 1. The molecule has 0 bridgehead atoms. The molecule has 7 nitrogen and oxygen atoms in total. The zero-order chi connectivity index (χ0) is 24.4. The molecule has 0 atom stereocenters. The first-order valence-corrected chi connectivity index (χ1v) is 11.1. The lowest BCUT2D eigenvalue weighted by atomic mass is 10.2. The Morgan fingerprint density at radius 2 is 1.97 bits per heavy atom. The summed E-state index contributed by atoms with van der Waals surface area (Å²) in [5.41, 5.74) is 3.34. The van der Waals surface area contributed by atoms with E-state index in [1.165, 1.54) is 12.1 Å². The van der Waals surface area contributed by atoms with Crippen molar-refractivity contribution in [2.45, 2.75) is 33.9 Å². The van der Waals surface area contributed by atoms with E-state index >= 15 is 0 Å². The number of carbonyl (C=O) groups excluding carboxylic acids is 1. The molecule has 0 aliphatic rings. The summed E-state index contributed by atoms with van der Waals surface area (Å²) in [6.07, 6.45) is 0. The SMILES string of the molecule is Cc1nn(Cc2ccc(Cl)cc2Cl)c(C)c1NC(=O)c1noc(C)c1COc1cccc(F)c1. The molecule has 0 saturated carbocycles. The minimum absolute atomic E-state index is 0.00612. The van der Waals surface area contributed by atoms with Crippen LogP contribution >= 0.6 is 23.2 Å². The second-order valence-electron chi connectivity index (χ2n) is 7.71. The molecule has 0 spiro atoms. The van der Waals surface area contributed by atoms with Gasteiger partial charge in [-0.1, -0.05) is 40.5 Å². The monoisotopic (exact) mass is 502 g/mol. The maximum atomic E-state index is 13.4. The van der Waals surface area contributed by atoms with Crippen molar-refractivity contribution in [1.29, 1.82) is 0 Å². The number of ether oxygens (including phenoxy) is 1. The molecule has 0 saturated heterocycles. The Balaban J connectivity index is 1.52. The number of aryl methyl sites for hydroxylation is 2. The molecule has 0 aliphatic carbocycles. The number of nitrogens with zero attached hydrogens (tertiary/aromatic N) is 3. The van der Waals surface area contributed by atoms with Gasteiger partial charge in [-0.15, -0.1) is 0 Å². The van der Waals surface area contributed by atoms with Gasteiger partial charge < -0.3 is 14.6 Å². The molecule has 2 aromatic carbocycles. The number of halogens is 3. The molecule has 1 N–H and O–H groups in total. The van der Waals surface area contributed by atoms with E-state index in [0.29, 0.717) is 45.0 Å². The van der Waals surface area contributed by atoms with Crippen LogP contribution in [0.1, 0.15) is 38.8 Å². The molecule has 176 valence electrons. The zero-order valence-electron chi connectivity index (χ0n) is 18.7. The van der Waals surface area contributed by atoms with Gasteiger partial charge in [-0.2, -0.15) is 5.10 Å². The number of nitrogens with one attached hydrogen (secondary N) is 1. The molecule has 0 unspecified atom stereocenters. The Kier molecular flexibility index (Phi) is 6.90. The third-order valence-electron chi connectivity index (χ3n) is 5.33. The quantitative estimate of drug-likeness (QED) is 0.329. The van der Waals surface area contributed by atoms with Crippen LogP contribution in [-0.2, 0) is 13.2 Å². The number of rotatable bonds is 7. The van der Waals surface area contributed by atoms with Crippen molar-refractivity contribution in [1.82, 2.24) is 14.9 Å². The number of benzene rings is 2. The molecular weight excluding hydrogens is 482 g/mol. The van der Waals surface area contributed by atoms with Gasteiger partial charge in [0.05, 0.1) is 29.2 Å². The Labute approximate surface area is 205 Å². The van der Waals surface area contributed by atoms with Crippen molar-refractivity contribution in [3.05, 3.63) is 92.3 Å². The summed E-state index contributed by atoms with van der Waals surface area (Å²) in [6.45, 7) is 5.73. The van der Waals surface area contributed by atoms with E-state index in [2.05, 4.69) is 15.6 Å². The summed E-state index contributed by atoms with van der Waals surface area (Å²) in [4.78, 5) is 13.1. The van der Waals surface area contributed by atoms with Crippen molar-refractivity contribution in [2.75, 3.05) is 5.32 Å². The van der Waals surface area contributed by atoms with Crippen LogP contribution in [-0.4, -0.2) is 20.8 Å². The predicted octanol–water partition coefficient (Wildman–Crippen LogP) is 6.12. The average molecular weight is 503 g/mol. The number of hydrogen-bond donors (Lipinski definition) is 1. The second kappa shape index (κ2) is 9.87. The Bertz CT molecular complexity index is 1370. The summed E-state index contributed by atoms with van der Waals surface area (Å²) in [7, 11) is 0. The summed E-state index contributed by atoms with van der Waals surface area (Å²) in [6, 6.07) is 11.0. The van der Waals surface area contributed by atoms with Crippen molar-refractivity contribution >= 4 is 34.8 Å². The van der Waals surface area contributed by atoms with E-state index in [-0.39, 0.29) is 12.3 Å². The third kappa shape index (κ3) is 5.08. The van der Waals surface area contributed by atoms with Crippen LogP contribution in [0.15, 0.2) is 47.0 Å². The lowest BCUT2D eigenvalue weighted by Crippen LogP contribution is -2.16. The minimum atomic E-state index is -0.468. The van der Waals surface area contributed by atoms with Gasteiger partial charge in [0, 0.05) is 16.1 Å². The predicted molar refractivity (Wildman–Crippen MR) is 127 cm³/mol. The van der Waals surface area contributed by atoms with Crippen LogP contribution < -0.4 is 10.1 Å². The van der Waals surface area contributed by atoms with Crippen LogP contribution in [0, 0.1) is 26.6 Å². The van der Waals surface area contributed by atoms with E-state index in [1.54, 1.807) is 42.8 Å². The van der Waals surface area contributed by atoms with Gasteiger partial charge in [-0.25, -0.2) is 4.39 Å². The second-order valence-corrected chi connectivity index (χ2v) is 8.55. The van der Waals surface area contributed by atoms with Crippen LogP contribution in [0.5, 0.6) is 5.75 Å². The molecule has 0 fully saturated rings. The highest BCUT2D eigenvalue weighted by atomic mass is 35.5. The van der Waals surface area contributed by atoms with Gasteiger partial charge in [-0.05, 0) is 50.6 Å². The lowest BCUT2D eigenvalue weighted by Gasteiger charge is -2.09. The minimum Gasteiger partial charge on any atom is -0.489 e. The molecule has 2 aromatic heterocycles. The average Bonchev–Trinajstić information content (AvgIpc) is 3.28. The molecule has 2 heterocycles. The molecule has 0 aliphatic heterocycles. The van der Waals surface area contributed by atoms with Gasteiger partial charge in [0.2, 0.25) is 0 Å². The van der Waals surface area contributed by atoms with E-state index in [4.69, 9.17) is 32.5 Å². The largest absolute Gasteiger partial charge is 0.489 e. The Morgan fingerprint density at radius 1 is 1.18 bits per heavy atom. The summed E-state index contributed by atoms with van der Waals surface area (Å²) >= 11 is 12.3. The van der Waals surface area contributed by atoms with Crippen molar-refractivity contribution in [3.8, 4) is 5.75 Å². The van der Waals surface area contributed by atoms with Gasteiger partial charge in [0.15, 0.2) is 5.69 Å². The van der Waals surface area contributed by atoms with Crippen molar-refractivity contribution < 1.29 is 18.4 Å². The number of anilines is 1. The molecule has 34 heavy (non-hydrogen) atoms. The highest BCUT2D eigenvalue weighted by Gasteiger charge is 2.23. The smallest absolute Gasteiger partial charge is 0.278 e. The summed E-state index contributed by atoms with van der Waals surface area (Å²) < 4.78 is 26.0. The van der Waals surface area contributed by atoms with Gasteiger partial charge >= 0.3 is 0 Å². The first-order chi connectivity index (χ1) is 16.2. The van der Waals surface area contributed by atoms with Crippen LogP contribution in [0.3, 0.4) is 0 Å². The highest BCUT2D eigenvalue weighted by molar-refractivity contribution is 6.35. The van der Waals surface area contributed by atoms with E-state index in [0.717, 1.165) is 11.3 Å². The van der Waals surface area contributed by atoms with Gasteiger partial charge in [0.25, 0.3) is 5.91 Å². The first-order valence-electron chi connectivity index (χ1n) is 10.4. The number of aromatic nitrogens is 3. The molecule has 1 amide bonds. The van der Waals surface area contributed by atoms with Crippen molar-refractivity contribution in [2.24, 2.45) is 0 Å². The topological polar surface area (TPSA) is 82.2 Å². The fourth-order valence-corrected chi connectivity index (χ4v) is 3.94. The van der Waals surface area contributed by atoms with E-state index in [9.17, 15) is 9.18 Å². The third-order valence-corrected chi connectivity index (χ3v) is 5.92. The molecule has 4 aromatic rings. The normalized spacial score (nSPS) is 11.0. The Morgan fingerprint density at radius 3 is 2.71 bits per heavy atom. The molecule has 4 rings (SSSR count). The molecular formula is C24H21Cl2FN4O3. The van der Waals surface area contributed by atoms with Crippen LogP contribution in [0.25, 0.3) is 0 Å². The summed E-state index contributed by atoms with van der Waals surface area (Å²) in [5, 5.41) is 12.4. The highest BCUT2D eigenvalue weighted by Crippen LogP contribution is 2.26.